The molecule has 0 bridgehead atoms. The van der Waals surface area contributed by atoms with Gasteiger partial charge in [-0.15, -0.1) is 0 Å². The van der Waals surface area contributed by atoms with Gasteiger partial charge in [0.05, 0.1) is 21.6 Å². The van der Waals surface area contributed by atoms with Crippen LogP contribution in [-0.2, 0) is 6.61 Å². The predicted octanol–water partition coefficient (Wildman–Crippen LogP) is 4.19. The molecule has 7 heteroatoms. The first kappa shape index (κ1) is 14.6. The fraction of sp³-hybridized carbons (Fsp3) is 0.0769. The summed E-state index contributed by atoms with van der Waals surface area (Å²) in [5.74, 6) is 0.0369. The number of hydrogen-bond donors (Lipinski definition) is 1. The highest BCUT2D eigenvalue weighted by Crippen LogP contribution is 2.41. The Morgan fingerprint density at radius 2 is 1.70 bits per heavy atom. The molecule has 0 aliphatic rings. The fourth-order valence-corrected chi connectivity index (χ4v) is 2.08. The van der Waals surface area contributed by atoms with Gasteiger partial charge in [0, 0.05) is 11.6 Å². The molecule has 0 amide bonds. The van der Waals surface area contributed by atoms with Crippen LogP contribution in [0.25, 0.3) is 0 Å². The van der Waals surface area contributed by atoms with Crippen molar-refractivity contribution in [1.29, 1.82) is 0 Å². The van der Waals surface area contributed by atoms with Crippen molar-refractivity contribution in [3.05, 3.63) is 62.1 Å². The number of ether oxygens (including phenoxy) is 1. The lowest BCUT2D eigenvalue weighted by Crippen LogP contribution is -1.97. The molecule has 1 N–H and O–H groups in total. The molecule has 0 aliphatic heterocycles. The number of halogens is 2. The quantitative estimate of drug-likeness (QED) is 0.678. The van der Waals surface area contributed by atoms with E-state index in [2.05, 4.69) is 0 Å². The SMILES string of the molecule is O=[N+]([O-])c1cccc(Cl)c1Oc1c(Cl)cccc1CO. The summed E-state index contributed by atoms with van der Waals surface area (Å²) in [7, 11) is 0. The lowest BCUT2D eigenvalue weighted by Gasteiger charge is -2.12. The van der Waals surface area contributed by atoms with Crippen LogP contribution in [0.1, 0.15) is 5.56 Å². The third-order valence-electron chi connectivity index (χ3n) is 2.57. The Morgan fingerprint density at radius 1 is 1.10 bits per heavy atom. The van der Waals surface area contributed by atoms with E-state index in [1.807, 2.05) is 0 Å². The molecule has 0 aromatic heterocycles. The van der Waals surface area contributed by atoms with Crippen molar-refractivity contribution < 1.29 is 14.8 Å². The Hall–Kier alpha value is -1.82. The average molecular weight is 314 g/mol. The summed E-state index contributed by atoms with van der Waals surface area (Å²) in [5, 5.41) is 20.6. The van der Waals surface area contributed by atoms with Crippen molar-refractivity contribution in [2.24, 2.45) is 0 Å². The second-order valence-electron chi connectivity index (χ2n) is 3.83. The molecule has 0 atom stereocenters. The second-order valence-corrected chi connectivity index (χ2v) is 4.65. The van der Waals surface area contributed by atoms with Gasteiger partial charge in [-0.2, -0.15) is 0 Å². The maximum atomic E-state index is 11.0. The van der Waals surface area contributed by atoms with E-state index in [1.165, 1.54) is 18.2 Å². The van der Waals surface area contributed by atoms with Crippen LogP contribution in [0.2, 0.25) is 10.0 Å². The van der Waals surface area contributed by atoms with Crippen molar-refractivity contribution in [1.82, 2.24) is 0 Å². The second kappa shape index (κ2) is 6.09. The maximum Gasteiger partial charge on any atom is 0.313 e. The molecular formula is C13H9Cl2NO4. The van der Waals surface area contributed by atoms with Crippen LogP contribution in [-0.4, -0.2) is 10.0 Å². The van der Waals surface area contributed by atoms with Crippen molar-refractivity contribution >= 4 is 28.9 Å². The monoisotopic (exact) mass is 313 g/mol. The van der Waals surface area contributed by atoms with Gasteiger partial charge in [0.1, 0.15) is 0 Å². The molecular weight excluding hydrogens is 305 g/mol. The molecule has 0 saturated heterocycles. The number of rotatable bonds is 4. The van der Waals surface area contributed by atoms with Gasteiger partial charge in [0.15, 0.2) is 5.75 Å². The Bertz CT molecular complexity index is 661. The zero-order valence-corrected chi connectivity index (χ0v) is 11.6. The Kier molecular flexibility index (Phi) is 4.44. The van der Waals surface area contributed by atoms with E-state index in [4.69, 9.17) is 27.9 Å². The fourth-order valence-electron chi connectivity index (χ4n) is 1.64. The Labute approximate surface area is 124 Å². The van der Waals surface area contributed by atoms with Crippen LogP contribution >= 0.6 is 23.2 Å². The first-order valence-corrected chi connectivity index (χ1v) is 6.29. The van der Waals surface area contributed by atoms with Gasteiger partial charge in [-0.3, -0.25) is 10.1 Å². The van der Waals surface area contributed by atoms with Crippen LogP contribution < -0.4 is 4.74 Å². The van der Waals surface area contributed by atoms with Crippen molar-refractivity contribution in [2.45, 2.75) is 6.61 Å². The number of aliphatic hydroxyl groups is 1. The average Bonchev–Trinajstić information content (AvgIpc) is 2.42. The van der Waals surface area contributed by atoms with E-state index in [0.717, 1.165) is 0 Å². The third kappa shape index (κ3) is 2.85. The highest BCUT2D eigenvalue weighted by molar-refractivity contribution is 6.33. The normalized spacial score (nSPS) is 10.3. The summed E-state index contributed by atoms with van der Waals surface area (Å²) in [5.41, 5.74) is 0.132. The standard InChI is InChI=1S/C13H9Cl2NO4/c14-9-4-1-3-8(7-17)12(9)20-13-10(15)5-2-6-11(13)16(18)19/h1-6,17H,7H2. The first-order chi connectivity index (χ1) is 9.54. The highest BCUT2D eigenvalue weighted by atomic mass is 35.5. The van der Waals surface area contributed by atoms with Crippen LogP contribution in [0, 0.1) is 10.1 Å². The van der Waals surface area contributed by atoms with Gasteiger partial charge < -0.3 is 9.84 Å². The Morgan fingerprint density at radius 3 is 2.30 bits per heavy atom. The van der Waals surface area contributed by atoms with Crippen molar-refractivity contribution in [3.8, 4) is 11.5 Å². The summed E-state index contributed by atoms with van der Waals surface area (Å²) < 4.78 is 5.49. The summed E-state index contributed by atoms with van der Waals surface area (Å²) in [6.07, 6.45) is 0. The van der Waals surface area contributed by atoms with E-state index in [9.17, 15) is 15.2 Å². The molecule has 2 rings (SSSR count). The lowest BCUT2D eigenvalue weighted by atomic mass is 10.2. The summed E-state index contributed by atoms with van der Waals surface area (Å²) >= 11 is 11.9. The van der Waals surface area contributed by atoms with Gasteiger partial charge in [0.2, 0.25) is 5.75 Å². The summed E-state index contributed by atoms with van der Waals surface area (Å²) in [6.45, 7) is -0.311. The van der Waals surface area contributed by atoms with Gasteiger partial charge in [0.25, 0.3) is 0 Å². The number of nitro groups is 1. The highest BCUT2D eigenvalue weighted by Gasteiger charge is 2.21. The molecule has 0 saturated carbocycles. The maximum absolute atomic E-state index is 11.0. The van der Waals surface area contributed by atoms with E-state index in [0.29, 0.717) is 5.56 Å². The molecule has 5 nitrogen and oxygen atoms in total. The molecule has 0 spiro atoms. The zero-order chi connectivity index (χ0) is 14.7. The number of para-hydroxylation sites is 2. The molecule has 2 aromatic carbocycles. The molecule has 0 fully saturated rings. The zero-order valence-electron chi connectivity index (χ0n) is 10.0. The number of hydrogen-bond acceptors (Lipinski definition) is 4. The molecule has 0 radical (unpaired) electrons. The molecule has 0 heterocycles. The van der Waals surface area contributed by atoms with Gasteiger partial charge >= 0.3 is 5.69 Å². The summed E-state index contributed by atoms with van der Waals surface area (Å²) in [4.78, 5) is 10.4. The van der Waals surface area contributed by atoms with Gasteiger partial charge in [-0.1, -0.05) is 41.4 Å². The number of aliphatic hydroxyl groups excluding tert-OH is 1. The Balaban J connectivity index is 2.53. The molecule has 0 aliphatic carbocycles. The third-order valence-corrected chi connectivity index (χ3v) is 3.16. The topological polar surface area (TPSA) is 72.6 Å². The number of nitrogens with zero attached hydrogens (tertiary/aromatic N) is 1. The van der Waals surface area contributed by atoms with Gasteiger partial charge in [-0.25, -0.2) is 0 Å². The minimum atomic E-state index is -0.601. The summed E-state index contributed by atoms with van der Waals surface area (Å²) in [6, 6.07) is 8.99. The largest absolute Gasteiger partial charge is 0.447 e. The first-order valence-electron chi connectivity index (χ1n) is 5.53. The van der Waals surface area contributed by atoms with Crippen molar-refractivity contribution in [2.75, 3.05) is 0 Å². The van der Waals surface area contributed by atoms with E-state index >= 15 is 0 Å². The molecule has 104 valence electrons. The smallest absolute Gasteiger partial charge is 0.313 e. The van der Waals surface area contributed by atoms with Crippen LogP contribution in [0.5, 0.6) is 11.5 Å². The van der Waals surface area contributed by atoms with Crippen molar-refractivity contribution in [3.63, 3.8) is 0 Å². The number of nitro benzene ring substituents is 1. The lowest BCUT2D eigenvalue weighted by molar-refractivity contribution is -0.385. The van der Waals surface area contributed by atoms with E-state index in [-0.39, 0.29) is 33.8 Å². The van der Waals surface area contributed by atoms with Crippen LogP contribution in [0.4, 0.5) is 5.69 Å². The molecule has 20 heavy (non-hydrogen) atoms. The molecule has 2 aromatic rings. The van der Waals surface area contributed by atoms with Crippen LogP contribution in [0.15, 0.2) is 36.4 Å². The molecule has 0 unspecified atom stereocenters. The van der Waals surface area contributed by atoms with Crippen LogP contribution in [0.3, 0.4) is 0 Å². The minimum Gasteiger partial charge on any atom is -0.447 e. The van der Waals surface area contributed by atoms with Gasteiger partial charge in [-0.05, 0) is 12.1 Å². The predicted molar refractivity (Wildman–Crippen MR) is 75.6 cm³/mol. The number of benzene rings is 2. The minimum absolute atomic E-state index is 0.0861. The van der Waals surface area contributed by atoms with E-state index in [1.54, 1.807) is 18.2 Å². The van der Waals surface area contributed by atoms with E-state index < -0.39 is 4.92 Å².